The van der Waals surface area contributed by atoms with E-state index in [-0.39, 0.29) is 12.5 Å². The van der Waals surface area contributed by atoms with Crippen LogP contribution in [0.2, 0.25) is 0 Å². The molecule has 18 heavy (non-hydrogen) atoms. The van der Waals surface area contributed by atoms with E-state index in [4.69, 9.17) is 20.3 Å². The number of hydrogen-bond acceptors (Lipinski definition) is 4. The normalized spacial score (nSPS) is 15.6. The molecule has 0 aliphatic carbocycles. The van der Waals surface area contributed by atoms with Crippen LogP contribution in [-0.4, -0.2) is 29.8 Å². The van der Waals surface area contributed by atoms with E-state index in [9.17, 15) is 4.79 Å². The molecule has 5 nitrogen and oxygen atoms in total. The number of benzene rings is 1. The topological polar surface area (TPSA) is 81.8 Å². The van der Waals surface area contributed by atoms with Gasteiger partial charge in [0.05, 0.1) is 13.2 Å². The second-order valence-corrected chi connectivity index (χ2v) is 4.53. The van der Waals surface area contributed by atoms with Crippen molar-refractivity contribution >= 4 is 5.97 Å². The maximum absolute atomic E-state index is 10.9. The van der Waals surface area contributed by atoms with Gasteiger partial charge in [0, 0.05) is 12.5 Å². The molecule has 3 N–H and O–H groups in total. The molecule has 2 unspecified atom stereocenters. The van der Waals surface area contributed by atoms with Gasteiger partial charge in [0.1, 0.15) is 17.0 Å². The average molecular weight is 253 g/mol. The molecule has 0 saturated heterocycles. The van der Waals surface area contributed by atoms with E-state index in [1.54, 1.807) is 32.2 Å². The summed E-state index contributed by atoms with van der Waals surface area (Å²) in [6.07, 6.45) is -0.0808. The first kappa shape index (κ1) is 14.3. The largest absolute Gasteiger partial charge is 0.497 e. The molecule has 0 heterocycles. The van der Waals surface area contributed by atoms with Crippen LogP contribution in [0.4, 0.5) is 0 Å². The Bertz CT molecular complexity index is 417. The minimum Gasteiger partial charge on any atom is -0.497 e. The standard InChI is InChI=1S/C13H19NO4/c1-9(8-13(2,14)12(15)16)18-11-6-4-5-10(7-11)17-3/h4-7,9H,8,14H2,1-3H3,(H,15,16). The molecule has 0 aliphatic heterocycles. The van der Waals surface area contributed by atoms with Crippen molar-refractivity contribution in [2.45, 2.75) is 31.9 Å². The molecular formula is C13H19NO4. The fourth-order valence-corrected chi connectivity index (χ4v) is 1.63. The van der Waals surface area contributed by atoms with Crippen LogP contribution in [0.1, 0.15) is 20.3 Å². The fraction of sp³-hybridized carbons (Fsp3) is 0.462. The highest BCUT2D eigenvalue weighted by molar-refractivity contribution is 5.77. The summed E-state index contributed by atoms with van der Waals surface area (Å²) >= 11 is 0. The van der Waals surface area contributed by atoms with Crippen molar-refractivity contribution in [2.24, 2.45) is 5.73 Å². The number of nitrogens with two attached hydrogens (primary N) is 1. The first-order valence-corrected chi connectivity index (χ1v) is 5.68. The Morgan fingerprint density at radius 2 is 2.11 bits per heavy atom. The van der Waals surface area contributed by atoms with E-state index in [0.29, 0.717) is 11.5 Å². The van der Waals surface area contributed by atoms with E-state index in [0.717, 1.165) is 0 Å². The highest BCUT2D eigenvalue weighted by Gasteiger charge is 2.30. The maximum atomic E-state index is 10.9. The third kappa shape index (κ3) is 3.92. The van der Waals surface area contributed by atoms with Gasteiger partial charge in [0.15, 0.2) is 0 Å². The molecule has 0 aliphatic rings. The number of methoxy groups -OCH3 is 1. The molecule has 0 spiro atoms. The molecule has 0 aromatic heterocycles. The van der Waals surface area contributed by atoms with E-state index in [2.05, 4.69) is 0 Å². The lowest BCUT2D eigenvalue weighted by Gasteiger charge is -2.24. The Balaban J connectivity index is 2.64. The van der Waals surface area contributed by atoms with Gasteiger partial charge in [-0.3, -0.25) is 4.79 Å². The van der Waals surface area contributed by atoms with E-state index < -0.39 is 11.5 Å². The average Bonchev–Trinajstić information content (AvgIpc) is 2.28. The van der Waals surface area contributed by atoms with Gasteiger partial charge < -0.3 is 20.3 Å². The van der Waals surface area contributed by atoms with Crippen LogP contribution in [0, 0.1) is 0 Å². The highest BCUT2D eigenvalue weighted by atomic mass is 16.5. The molecule has 1 aromatic carbocycles. The summed E-state index contributed by atoms with van der Waals surface area (Å²) in [7, 11) is 1.57. The molecule has 100 valence electrons. The number of aliphatic carboxylic acids is 1. The Morgan fingerprint density at radius 3 is 2.67 bits per heavy atom. The maximum Gasteiger partial charge on any atom is 0.323 e. The molecule has 2 atom stereocenters. The number of hydrogen-bond donors (Lipinski definition) is 2. The van der Waals surface area contributed by atoms with Crippen LogP contribution < -0.4 is 15.2 Å². The zero-order valence-electron chi connectivity index (χ0n) is 10.8. The number of carboxylic acid groups (broad SMARTS) is 1. The smallest absolute Gasteiger partial charge is 0.323 e. The third-order valence-electron chi connectivity index (χ3n) is 2.58. The number of carbonyl (C=O) groups is 1. The minimum atomic E-state index is -1.29. The first-order valence-electron chi connectivity index (χ1n) is 5.68. The summed E-state index contributed by atoms with van der Waals surface area (Å²) in [4.78, 5) is 10.9. The molecular weight excluding hydrogens is 234 g/mol. The van der Waals surface area contributed by atoms with Gasteiger partial charge in [-0.15, -0.1) is 0 Å². The number of ether oxygens (including phenoxy) is 2. The molecule has 1 aromatic rings. The van der Waals surface area contributed by atoms with E-state index in [1.165, 1.54) is 6.92 Å². The van der Waals surface area contributed by atoms with Gasteiger partial charge >= 0.3 is 5.97 Å². The van der Waals surface area contributed by atoms with Crippen LogP contribution >= 0.6 is 0 Å². The van der Waals surface area contributed by atoms with Crippen molar-refractivity contribution in [2.75, 3.05) is 7.11 Å². The Morgan fingerprint density at radius 1 is 1.50 bits per heavy atom. The summed E-state index contributed by atoms with van der Waals surface area (Å²) in [6, 6.07) is 7.14. The van der Waals surface area contributed by atoms with E-state index in [1.807, 2.05) is 6.07 Å². The van der Waals surface area contributed by atoms with Gasteiger partial charge in [-0.05, 0) is 26.0 Å². The van der Waals surface area contributed by atoms with Gasteiger partial charge in [-0.1, -0.05) is 6.07 Å². The van der Waals surface area contributed by atoms with Crippen molar-refractivity contribution in [1.82, 2.24) is 0 Å². The second kappa shape index (κ2) is 5.73. The molecule has 0 saturated carbocycles. The minimum absolute atomic E-state index is 0.222. The summed E-state index contributed by atoms with van der Waals surface area (Å²) in [5, 5.41) is 8.94. The van der Waals surface area contributed by atoms with Crippen molar-refractivity contribution in [1.29, 1.82) is 0 Å². The van der Waals surface area contributed by atoms with E-state index >= 15 is 0 Å². The van der Waals surface area contributed by atoms with Crippen molar-refractivity contribution in [3.8, 4) is 11.5 Å². The molecule has 0 fully saturated rings. The summed E-state index contributed by atoms with van der Waals surface area (Å²) < 4.78 is 10.7. The zero-order chi connectivity index (χ0) is 13.8. The molecule has 5 heteroatoms. The van der Waals surface area contributed by atoms with Crippen molar-refractivity contribution < 1.29 is 19.4 Å². The van der Waals surface area contributed by atoms with Gasteiger partial charge in [0.2, 0.25) is 0 Å². The number of carboxylic acids is 1. The lowest BCUT2D eigenvalue weighted by atomic mass is 9.96. The lowest BCUT2D eigenvalue weighted by molar-refractivity contribution is -0.143. The van der Waals surface area contributed by atoms with Crippen molar-refractivity contribution in [3.05, 3.63) is 24.3 Å². The molecule has 1 rings (SSSR count). The van der Waals surface area contributed by atoms with Gasteiger partial charge in [-0.25, -0.2) is 0 Å². The molecule has 0 amide bonds. The van der Waals surface area contributed by atoms with Crippen LogP contribution in [0.5, 0.6) is 11.5 Å². The lowest BCUT2D eigenvalue weighted by Crippen LogP contribution is -2.47. The first-order chi connectivity index (χ1) is 8.35. The quantitative estimate of drug-likeness (QED) is 0.805. The highest BCUT2D eigenvalue weighted by Crippen LogP contribution is 2.22. The predicted octanol–water partition coefficient (Wildman–Crippen LogP) is 1.65. The summed E-state index contributed by atoms with van der Waals surface area (Å²) in [5.41, 5.74) is 4.37. The Kier molecular flexibility index (Phi) is 4.55. The summed E-state index contributed by atoms with van der Waals surface area (Å²) in [5.74, 6) is 0.278. The summed E-state index contributed by atoms with van der Waals surface area (Å²) in [6.45, 7) is 3.26. The van der Waals surface area contributed by atoms with Crippen LogP contribution in [0.3, 0.4) is 0 Å². The third-order valence-corrected chi connectivity index (χ3v) is 2.58. The Labute approximate surface area is 107 Å². The second-order valence-electron chi connectivity index (χ2n) is 4.53. The predicted molar refractivity (Wildman–Crippen MR) is 67.9 cm³/mol. The van der Waals surface area contributed by atoms with Gasteiger partial charge in [-0.2, -0.15) is 0 Å². The SMILES string of the molecule is COc1cccc(OC(C)CC(C)(N)C(=O)O)c1. The Hall–Kier alpha value is -1.75. The van der Waals surface area contributed by atoms with Crippen LogP contribution in [-0.2, 0) is 4.79 Å². The van der Waals surface area contributed by atoms with Gasteiger partial charge in [0.25, 0.3) is 0 Å². The monoisotopic (exact) mass is 253 g/mol. The van der Waals surface area contributed by atoms with Crippen LogP contribution in [0.25, 0.3) is 0 Å². The fourth-order valence-electron chi connectivity index (χ4n) is 1.63. The molecule has 0 radical (unpaired) electrons. The number of rotatable bonds is 6. The van der Waals surface area contributed by atoms with Crippen molar-refractivity contribution in [3.63, 3.8) is 0 Å². The molecule has 0 bridgehead atoms. The van der Waals surface area contributed by atoms with Crippen LogP contribution in [0.15, 0.2) is 24.3 Å². The zero-order valence-corrected chi connectivity index (χ0v) is 10.8.